The minimum Gasteiger partial charge on any atom is -0.263 e. The first-order chi connectivity index (χ1) is 11.5. The largest absolute Gasteiger partial charge is 0.264 e. The minimum atomic E-state index is -3.52. The summed E-state index contributed by atoms with van der Waals surface area (Å²) in [7, 11) is -3.52. The first kappa shape index (κ1) is 17.0. The number of benzene rings is 2. The van der Waals surface area contributed by atoms with E-state index in [-0.39, 0.29) is 6.04 Å². The van der Waals surface area contributed by atoms with Gasteiger partial charge in [0.2, 0.25) is 0 Å². The van der Waals surface area contributed by atoms with Gasteiger partial charge in [0.1, 0.15) is 0 Å². The Balaban J connectivity index is 1.98. The zero-order valence-corrected chi connectivity index (χ0v) is 15.2. The molecule has 0 radical (unpaired) electrons. The van der Waals surface area contributed by atoms with Gasteiger partial charge in [-0.15, -0.1) is 0 Å². The Hall–Kier alpha value is -1.81. The van der Waals surface area contributed by atoms with Crippen LogP contribution in [0.1, 0.15) is 43.7 Å². The summed E-state index contributed by atoms with van der Waals surface area (Å²) in [6.07, 6.45) is 5.07. The van der Waals surface area contributed by atoms with Crippen molar-refractivity contribution in [3.63, 3.8) is 0 Å². The fourth-order valence-corrected chi connectivity index (χ4v) is 5.15. The number of anilines is 1. The molecule has 0 saturated heterocycles. The SMILES string of the molecule is CCCCCC1Cc2ccccc2N1S(=O)(=O)c1ccc(C)cc1. The second-order valence-corrected chi connectivity index (χ2v) is 8.41. The van der Waals surface area contributed by atoms with Crippen molar-refractivity contribution in [2.24, 2.45) is 0 Å². The van der Waals surface area contributed by atoms with Crippen LogP contribution < -0.4 is 4.31 Å². The number of aryl methyl sites for hydroxylation is 1. The van der Waals surface area contributed by atoms with Crippen LogP contribution in [0.2, 0.25) is 0 Å². The highest BCUT2D eigenvalue weighted by molar-refractivity contribution is 7.92. The van der Waals surface area contributed by atoms with Crippen LogP contribution in [0, 0.1) is 6.92 Å². The first-order valence-corrected chi connectivity index (χ1v) is 10.2. The van der Waals surface area contributed by atoms with Crippen LogP contribution in [0.15, 0.2) is 53.4 Å². The van der Waals surface area contributed by atoms with E-state index in [4.69, 9.17) is 0 Å². The molecule has 1 atom stereocenters. The lowest BCUT2D eigenvalue weighted by Gasteiger charge is -2.27. The van der Waals surface area contributed by atoms with Gasteiger partial charge in [-0.05, 0) is 43.5 Å². The highest BCUT2D eigenvalue weighted by Crippen LogP contribution is 2.38. The summed E-state index contributed by atoms with van der Waals surface area (Å²) in [5.74, 6) is 0. The Bertz CT molecular complexity index is 797. The third-order valence-electron chi connectivity index (χ3n) is 4.73. The molecule has 0 spiro atoms. The molecule has 1 aliphatic heterocycles. The lowest BCUT2D eigenvalue weighted by Crippen LogP contribution is -2.37. The van der Waals surface area contributed by atoms with Gasteiger partial charge in [-0.25, -0.2) is 8.42 Å². The average molecular weight is 343 g/mol. The molecule has 1 unspecified atom stereocenters. The van der Waals surface area contributed by atoms with Gasteiger partial charge in [-0.2, -0.15) is 0 Å². The predicted octanol–water partition coefficient (Wildman–Crippen LogP) is 4.70. The molecule has 3 rings (SSSR count). The van der Waals surface area contributed by atoms with Crippen molar-refractivity contribution in [2.45, 2.75) is 56.9 Å². The van der Waals surface area contributed by atoms with Crippen LogP contribution in [-0.4, -0.2) is 14.5 Å². The van der Waals surface area contributed by atoms with Crippen LogP contribution in [0.3, 0.4) is 0 Å². The van der Waals surface area contributed by atoms with Crippen LogP contribution in [0.4, 0.5) is 5.69 Å². The quantitative estimate of drug-likeness (QED) is 0.713. The maximum atomic E-state index is 13.3. The summed E-state index contributed by atoms with van der Waals surface area (Å²) in [6, 6.07) is 15.1. The van der Waals surface area contributed by atoms with E-state index in [0.717, 1.165) is 48.9 Å². The number of sulfonamides is 1. The molecule has 0 N–H and O–H groups in total. The molecule has 1 heterocycles. The van der Waals surface area contributed by atoms with Crippen molar-refractivity contribution >= 4 is 15.7 Å². The molecular weight excluding hydrogens is 318 g/mol. The second-order valence-electron chi connectivity index (χ2n) is 6.60. The summed E-state index contributed by atoms with van der Waals surface area (Å²) in [5, 5.41) is 0. The predicted molar refractivity (Wildman–Crippen MR) is 98.9 cm³/mol. The molecular formula is C20H25NO2S. The third-order valence-corrected chi connectivity index (χ3v) is 6.62. The molecule has 1 aliphatic rings. The molecule has 4 heteroatoms. The molecule has 0 saturated carbocycles. The normalized spacial score (nSPS) is 17.1. The van der Waals surface area contributed by atoms with E-state index >= 15 is 0 Å². The van der Waals surface area contributed by atoms with E-state index in [2.05, 4.69) is 6.92 Å². The van der Waals surface area contributed by atoms with Crippen LogP contribution >= 0.6 is 0 Å². The lowest BCUT2D eigenvalue weighted by atomic mass is 10.0. The number of para-hydroxylation sites is 1. The van der Waals surface area contributed by atoms with Crippen molar-refractivity contribution in [3.8, 4) is 0 Å². The monoisotopic (exact) mass is 343 g/mol. The summed E-state index contributed by atoms with van der Waals surface area (Å²) in [6.45, 7) is 4.14. The van der Waals surface area contributed by atoms with E-state index in [1.54, 1.807) is 16.4 Å². The lowest BCUT2D eigenvalue weighted by molar-refractivity contribution is 0.548. The number of fused-ring (bicyclic) bond motifs is 1. The van der Waals surface area contributed by atoms with Gasteiger partial charge >= 0.3 is 0 Å². The van der Waals surface area contributed by atoms with E-state index in [0.29, 0.717) is 4.90 Å². The van der Waals surface area contributed by atoms with E-state index in [1.165, 1.54) is 0 Å². The highest BCUT2D eigenvalue weighted by Gasteiger charge is 2.37. The molecule has 24 heavy (non-hydrogen) atoms. The van der Waals surface area contributed by atoms with Crippen LogP contribution in [0.5, 0.6) is 0 Å². The summed E-state index contributed by atoms with van der Waals surface area (Å²) in [4.78, 5) is 0.380. The molecule has 0 aromatic heterocycles. The van der Waals surface area contributed by atoms with E-state index < -0.39 is 10.0 Å². The minimum absolute atomic E-state index is 0.0280. The van der Waals surface area contributed by atoms with Crippen LogP contribution in [-0.2, 0) is 16.4 Å². The van der Waals surface area contributed by atoms with Gasteiger partial charge in [0.25, 0.3) is 10.0 Å². The van der Waals surface area contributed by atoms with Crippen LogP contribution in [0.25, 0.3) is 0 Å². The highest BCUT2D eigenvalue weighted by atomic mass is 32.2. The number of hydrogen-bond acceptors (Lipinski definition) is 2. The van der Waals surface area contributed by atoms with Gasteiger partial charge in [0, 0.05) is 6.04 Å². The van der Waals surface area contributed by atoms with Crippen molar-refractivity contribution in [2.75, 3.05) is 4.31 Å². The van der Waals surface area contributed by atoms with Gasteiger partial charge in [-0.3, -0.25) is 4.31 Å². The van der Waals surface area contributed by atoms with Gasteiger partial charge in [-0.1, -0.05) is 62.1 Å². The molecule has 2 aromatic rings. The van der Waals surface area contributed by atoms with E-state index in [1.807, 2.05) is 43.3 Å². The van der Waals surface area contributed by atoms with Gasteiger partial charge in [0.15, 0.2) is 0 Å². The summed E-state index contributed by atoms with van der Waals surface area (Å²) >= 11 is 0. The fraction of sp³-hybridized carbons (Fsp3) is 0.400. The molecule has 2 aromatic carbocycles. The Kier molecular flexibility index (Phi) is 4.95. The topological polar surface area (TPSA) is 37.4 Å². The van der Waals surface area contributed by atoms with Gasteiger partial charge < -0.3 is 0 Å². The summed E-state index contributed by atoms with van der Waals surface area (Å²) < 4.78 is 28.2. The first-order valence-electron chi connectivity index (χ1n) is 8.73. The zero-order valence-electron chi connectivity index (χ0n) is 14.4. The third kappa shape index (κ3) is 3.20. The maximum Gasteiger partial charge on any atom is 0.264 e. The van der Waals surface area contributed by atoms with Crippen molar-refractivity contribution in [3.05, 3.63) is 59.7 Å². The Labute approximate surface area is 145 Å². The standard InChI is InChI=1S/C20H25NO2S/c1-3-4-5-9-18-15-17-8-6-7-10-20(17)21(18)24(22,23)19-13-11-16(2)12-14-19/h6-8,10-14,18H,3-5,9,15H2,1-2H3. The smallest absolute Gasteiger partial charge is 0.263 e. The second kappa shape index (κ2) is 6.98. The summed E-state index contributed by atoms with van der Waals surface area (Å²) in [5.41, 5.74) is 3.05. The number of hydrogen-bond donors (Lipinski definition) is 0. The molecule has 128 valence electrons. The Morgan fingerprint density at radius 3 is 2.46 bits per heavy atom. The van der Waals surface area contributed by atoms with Crippen molar-refractivity contribution in [1.29, 1.82) is 0 Å². The number of rotatable bonds is 6. The van der Waals surface area contributed by atoms with Crippen molar-refractivity contribution < 1.29 is 8.42 Å². The molecule has 0 amide bonds. The van der Waals surface area contributed by atoms with Gasteiger partial charge in [0.05, 0.1) is 10.6 Å². The maximum absolute atomic E-state index is 13.3. The number of nitrogens with zero attached hydrogens (tertiary/aromatic N) is 1. The average Bonchev–Trinajstić information content (AvgIpc) is 2.94. The van der Waals surface area contributed by atoms with E-state index in [9.17, 15) is 8.42 Å². The molecule has 0 aliphatic carbocycles. The molecule has 0 fully saturated rings. The zero-order chi connectivity index (χ0) is 17.2. The Morgan fingerprint density at radius 1 is 1.04 bits per heavy atom. The molecule has 0 bridgehead atoms. The molecule has 3 nitrogen and oxygen atoms in total. The number of unbranched alkanes of at least 4 members (excludes halogenated alkanes) is 2. The Morgan fingerprint density at radius 2 is 1.75 bits per heavy atom. The fourth-order valence-electron chi connectivity index (χ4n) is 3.43. The van der Waals surface area contributed by atoms with Crippen molar-refractivity contribution in [1.82, 2.24) is 0 Å².